The molecule has 1 fully saturated rings. The Labute approximate surface area is 139 Å². The average Bonchev–Trinajstić information content (AvgIpc) is 2.54. The van der Waals surface area contributed by atoms with Crippen LogP contribution in [-0.2, 0) is 0 Å². The van der Waals surface area contributed by atoms with E-state index in [2.05, 4.69) is 11.9 Å². The molecule has 0 aromatic heterocycles. The number of hydrogen-bond donors (Lipinski definition) is 2. The summed E-state index contributed by atoms with van der Waals surface area (Å²) in [4.78, 5) is 14.0. The first kappa shape index (κ1) is 18.3. The van der Waals surface area contributed by atoms with Crippen molar-refractivity contribution in [2.75, 3.05) is 25.5 Å². The second-order valence-electron chi connectivity index (χ2n) is 6.12. The highest BCUT2D eigenvalue weighted by molar-refractivity contribution is 5.94. The molecule has 132 valence electrons. The number of carbonyl (C=O) groups excluding carboxylic acids is 1. The van der Waals surface area contributed by atoms with Gasteiger partial charge in [-0.05, 0) is 37.1 Å². The summed E-state index contributed by atoms with van der Waals surface area (Å²) in [6.45, 7) is 3.44. The second kappa shape index (κ2) is 6.84. The van der Waals surface area contributed by atoms with Gasteiger partial charge in [-0.15, -0.1) is 0 Å². The highest BCUT2D eigenvalue weighted by Gasteiger charge is 2.40. The van der Waals surface area contributed by atoms with Crippen LogP contribution in [0, 0.1) is 0 Å². The number of carbonyl (C=O) groups is 1. The number of halogens is 3. The lowest BCUT2D eigenvalue weighted by atomic mass is 9.85. The lowest BCUT2D eigenvalue weighted by Gasteiger charge is -2.38. The zero-order valence-corrected chi connectivity index (χ0v) is 13.5. The fourth-order valence-electron chi connectivity index (χ4n) is 2.76. The monoisotopic (exact) mass is 342 g/mol. The summed E-state index contributed by atoms with van der Waals surface area (Å²) in [7, 11) is 1.77. The zero-order chi connectivity index (χ0) is 18.0. The van der Waals surface area contributed by atoms with E-state index in [1.165, 1.54) is 0 Å². The van der Waals surface area contributed by atoms with Crippen LogP contribution in [0.5, 0.6) is 0 Å². The van der Waals surface area contributed by atoms with E-state index in [9.17, 15) is 23.1 Å². The van der Waals surface area contributed by atoms with Crippen molar-refractivity contribution >= 4 is 11.6 Å². The number of nitrogens with one attached hydrogen (secondary N) is 1. The molecule has 0 unspecified atom stereocenters. The standard InChI is InChI=1S/C17H21F3N2O2/c1-12(17(18,19)20)11-16(24)7-9-22(10-8-16)15(23)13-3-5-14(21-2)6-4-13/h3-6,21,24H,1,7-11H2,2H3. The van der Waals surface area contributed by atoms with Crippen molar-refractivity contribution in [1.82, 2.24) is 4.90 Å². The molecule has 0 saturated carbocycles. The van der Waals surface area contributed by atoms with Crippen molar-refractivity contribution < 1.29 is 23.1 Å². The van der Waals surface area contributed by atoms with Gasteiger partial charge in [0.05, 0.1) is 5.60 Å². The predicted molar refractivity (Wildman–Crippen MR) is 85.9 cm³/mol. The molecule has 1 saturated heterocycles. The van der Waals surface area contributed by atoms with E-state index in [1.54, 1.807) is 36.2 Å². The Hall–Kier alpha value is -2.02. The third-order valence-electron chi connectivity index (χ3n) is 4.35. The van der Waals surface area contributed by atoms with Crippen molar-refractivity contribution in [1.29, 1.82) is 0 Å². The number of amides is 1. The quantitative estimate of drug-likeness (QED) is 0.826. The van der Waals surface area contributed by atoms with Crippen molar-refractivity contribution in [2.45, 2.75) is 31.0 Å². The molecule has 1 aliphatic heterocycles. The first-order valence-corrected chi connectivity index (χ1v) is 7.69. The van der Waals surface area contributed by atoms with Gasteiger partial charge in [0.25, 0.3) is 5.91 Å². The maximum Gasteiger partial charge on any atom is 0.412 e. The Morgan fingerprint density at radius 1 is 1.29 bits per heavy atom. The number of benzene rings is 1. The van der Waals surface area contributed by atoms with E-state index >= 15 is 0 Å². The summed E-state index contributed by atoms with van der Waals surface area (Å²) >= 11 is 0. The minimum Gasteiger partial charge on any atom is -0.389 e. The van der Waals surface area contributed by atoms with Gasteiger partial charge < -0.3 is 15.3 Å². The van der Waals surface area contributed by atoms with E-state index in [0.717, 1.165) is 5.69 Å². The van der Waals surface area contributed by atoms with Crippen molar-refractivity contribution in [2.24, 2.45) is 0 Å². The molecule has 4 nitrogen and oxygen atoms in total. The Bertz CT molecular complexity index is 603. The van der Waals surface area contributed by atoms with Crippen LogP contribution < -0.4 is 5.32 Å². The van der Waals surface area contributed by atoms with Crippen LogP contribution in [0.2, 0.25) is 0 Å². The summed E-state index contributed by atoms with van der Waals surface area (Å²) in [5.41, 5.74) is -1.00. The van der Waals surface area contributed by atoms with Crippen LogP contribution in [0.1, 0.15) is 29.6 Å². The molecule has 0 bridgehead atoms. The van der Waals surface area contributed by atoms with Gasteiger partial charge in [-0.25, -0.2) is 0 Å². The lowest BCUT2D eigenvalue weighted by Crippen LogP contribution is -2.47. The highest BCUT2D eigenvalue weighted by atomic mass is 19.4. The molecular formula is C17H21F3N2O2. The Morgan fingerprint density at radius 2 is 1.83 bits per heavy atom. The first-order valence-electron chi connectivity index (χ1n) is 7.69. The number of rotatable bonds is 4. The number of piperidine rings is 1. The maximum absolute atomic E-state index is 12.6. The average molecular weight is 342 g/mol. The molecule has 2 rings (SSSR count). The molecular weight excluding hydrogens is 321 g/mol. The molecule has 1 aromatic carbocycles. The SMILES string of the molecule is C=C(CC1(O)CCN(C(=O)c2ccc(NC)cc2)CC1)C(F)(F)F. The predicted octanol–water partition coefficient (Wildman–Crippen LogP) is 3.20. The van der Waals surface area contributed by atoms with Gasteiger partial charge in [0.1, 0.15) is 0 Å². The van der Waals surface area contributed by atoms with Gasteiger partial charge >= 0.3 is 6.18 Å². The molecule has 1 aliphatic rings. The molecule has 0 radical (unpaired) electrons. The van der Waals surface area contributed by atoms with Crippen molar-refractivity contribution in [3.8, 4) is 0 Å². The van der Waals surface area contributed by atoms with Crippen LogP contribution in [0.3, 0.4) is 0 Å². The smallest absolute Gasteiger partial charge is 0.389 e. The minimum atomic E-state index is -4.50. The zero-order valence-electron chi connectivity index (χ0n) is 13.5. The van der Waals surface area contributed by atoms with Crippen molar-refractivity contribution in [3.63, 3.8) is 0 Å². The summed E-state index contributed by atoms with van der Waals surface area (Å²) in [5.74, 6) is -0.186. The van der Waals surface area contributed by atoms with Gasteiger partial charge in [-0.1, -0.05) is 6.58 Å². The van der Waals surface area contributed by atoms with Gasteiger partial charge in [0, 0.05) is 43.4 Å². The largest absolute Gasteiger partial charge is 0.412 e. The Morgan fingerprint density at radius 3 is 2.29 bits per heavy atom. The number of aliphatic hydroxyl groups is 1. The summed E-state index contributed by atoms with van der Waals surface area (Å²) < 4.78 is 37.7. The van der Waals surface area contributed by atoms with Gasteiger partial charge in [0.15, 0.2) is 0 Å². The fourth-order valence-corrected chi connectivity index (χ4v) is 2.76. The van der Waals surface area contributed by atoms with E-state index in [0.29, 0.717) is 5.56 Å². The van der Waals surface area contributed by atoms with E-state index in [1.807, 2.05) is 0 Å². The second-order valence-corrected chi connectivity index (χ2v) is 6.12. The maximum atomic E-state index is 12.6. The first-order chi connectivity index (χ1) is 11.1. The molecule has 2 N–H and O–H groups in total. The molecule has 1 amide bonds. The normalized spacial score (nSPS) is 17.5. The molecule has 1 heterocycles. The van der Waals surface area contributed by atoms with Crippen LogP contribution >= 0.6 is 0 Å². The number of nitrogens with zero attached hydrogens (tertiary/aromatic N) is 1. The fraction of sp³-hybridized carbons (Fsp3) is 0.471. The topological polar surface area (TPSA) is 52.6 Å². The molecule has 24 heavy (non-hydrogen) atoms. The van der Waals surface area contributed by atoms with E-state index < -0.39 is 23.8 Å². The van der Waals surface area contributed by atoms with Crippen LogP contribution in [0.25, 0.3) is 0 Å². The molecule has 7 heteroatoms. The molecule has 0 aliphatic carbocycles. The Kier molecular flexibility index (Phi) is 5.22. The molecule has 0 atom stereocenters. The van der Waals surface area contributed by atoms with E-state index in [4.69, 9.17) is 0 Å². The van der Waals surface area contributed by atoms with Crippen LogP contribution in [0.15, 0.2) is 36.4 Å². The number of likely N-dealkylation sites (tertiary alicyclic amines) is 1. The van der Waals surface area contributed by atoms with Gasteiger partial charge in [-0.2, -0.15) is 13.2 Å². The summed E-state index contributed by atoms with van der Waals surface area (Å²) in [6, 6.07) is 6.95. The van der Waals surface area contributed by atoms with Crippen LogP contribution in [-0.4, -0.2) is 47.8 Å². The third kappa shape index (κ3) is 4.29. The van der Waals surface area contributed by atoms with Gasteiger partial charge in [-0.3, -0.25) is 4.79 Å². The molecule has 1 aromatic rings. The minimum absolute atomic E-state index is 0.0996. The lowest BCUT2D eigenvalue weighted by molar-refractivity contribution is -0.106. The van der Waals surface area contributed by atoms with Crippen LogP contribution in [0.4, 0.5) is 18.9 Å². The molecule has 0 spiro atoms. The van der Waals surface area contributed by atoms with Crippen molar-refractivity contribution in [3.05, 3.63) is 42.0 Å². The Balaban J connectivity index is 1.96. The third-order valence-corrected chi connectivity index (χ3v) is 4.35. The number of hydrogen-bond acceptors (Lipinski definition) is 3. The van der Waals surface area contributed by atoms with Gasteiger partial charge in [0.2, 0.25) is 0 Å². The highest BCUT2D eigenvalue weighted by Crippen LogP contribution is 2.35. The van der Waals surface area contributed by atoms with E-state index in [-0.39, 0.29) is 31.8 Å². The summed E-state index contributed by atoms with van der Waals surface area (Å²) in [6.07, 6.45) is -4.82. The number of anilines is 1. The number of alkyl halides is 3. The summed E-state index contributed by atoms with van der Waals surface area (Å²) in [5, 5.41) is 13.3.